The normalized spacial score (nSPS) is 23.6. The van der Waals surface area contributed by atoms with E-state index in [4.69, 9.17) is 0 Å². The first-order valence-corrected chi connectivity index (χ1v) is 6.79. The number of rotatable bonds is 3. The molecule has 1 fully saturated rings. The average Bonchev–Trinajstić information content (AvgIpc) is 2.74. The number of carbonyl (C=O) groups excluding carboxylic acids is 1. The molecule has 0 spiro atoms. The van der Waals surface area contributed by atoms with Crippen LogP contribution in [0.15, 0.2) is 24.3 Å². The van der Waals surface area contributed by atoms with Crippen molar-refractivity contribution in [2.24, 2.45) is 0 Å². The van der Waals surface area contributed by atoms with Gasteiger partial charge in [-0.25, -0.2) is 0 Å². The summed E-state index contributed by atoms with van der Waals surface area (Å²) in [5.41, 5.74) is 0.346. The molecule has 1 aliphatic rings. The van der Waals surface area contributed by atoms with Crippen LogP contribution in [0.2, 0.25) is 0 Å². The van der Waals surface area contributed by atoms with Crippen LogP contribution in [-0.4, -0.2) is 28.1 Å². The topological polar surface area (TPSA) is 49.3 Å². The number of hydrogen-bond donors (Lipinski definition) is 2. The van der Waals surface area contributed by atoms with E-state index in [1.165, 1.54) is 18.2 Å². The van der Waals surface area contributed by atoms with E-state index in [-0.39, 0.29) is 16.4 Å². The number of nitrogens with one attached hydrogen (secondary N) is 1. The van der Waals surface area contributed by atoms with Crippen molar-refractivity contribution < 1.29 is 9.90 Å². The zero-order valence-electron chi connectivity index (χ0n) is 9.90. The molecule has 0 radical (unpaired) electrons. The number of phenolic OH excluding ortho intramolecular Hbond substituents is 1. The van der Waals surface area contributed by atoms with Crippen LogP contribution in [0, 0.1) is 0 Å². The summed E-state index contributed by atoms with van der Waals surface area (Å²) in [7, 11) is 0. The molecule has 2 N–H and O–H groups in total. The van der Waals surface area contributed by atoms with Crippen LogP contribution >= 0.6 is 11.8 Å². The molecule has 1 aliphatic heterocycles. The number of phenols is 1. The molecule has 0 saturated carbocycles. The van der Waals surface area contributed by atoms with Gasteiger partial charge >= 0.3 is 0 Å². The minimum Gasteiger partial charge on any atom is -0.507 e. The molecule has 4 heteroatoms. The monoisotopic (exact) mass is 251 g/mol. The van der Waals surface area contributed by atoms with E-state index in [0.717, 1.165) is 6.42 Å². The third-order valence-electron chi connectivity index (χ3n) is 3.07. The van der Waals surface area contributed by atoms with Crippen molar-refractivity contribution in [2.75, 3.05) is 12.3 Å². The number of hydrogen-bond acceptors (Lipinski definition) is 3. The fourth-order valence-electron chi connectivity index (χ4n) is 2.00. The smallest absolute Gasteiger partial charge is 0.255 e. The SMILES string of the molecule is CC1(CNC(=O)c2ccccc2O)CCCS1. The Labute approximate surface area is 106 Å². The number of amides is 1. The van der Waals surface area contributed by atoms with Crippen molar-refractivity contribution in [3.05, 3.63) is 29.8 Å². The highest BCUT2D eigenvalue weighted by molar-refractivity contribution is 8.00. The first-order chi connectivity index (χ1) is 8.11. The summed E-state index contributed by atoms with van der Waals surface area (Å²) in [5, 5.41) is 12.5. The molecule has 17 heavy (non-hydrogen) atoms. The summed E-state index contributed by atoms with van der Waals surface area (Å²) in [5.74, 6) is 1.01. The Morgan fingerprint density at radius 3 is 2.94 bits per heavy atom. The zero-order chi connectivity index (χ0) is 12.3. The Morgan fingerprint density at radius 2 is 2.29 bits per heavy atom. The molecular formula is C13H17NO2S. The lowest BCUT2D eigenvalue weighted by molar-refractivity contribution is 0.0947. The molecule has 1 aromatic carbocycles. The average molecular weight is 251 g/mol. The van der Waals surface area contributed by atoms with Crippen molar-refractivity contribution in [1.82, 2.24) is 5.32 Å². The molecule has 2 rings (SSSR count). The van der Waals surface area contributed by atoms with Gasteiger partial charge in [0.05, 0.1) is 5.56 Å². The second kappa shape index (κ2) is 5.00. The third kappa shape index (κ3) is 2.94. The van der Waals surface area contributed by atoms with E-state index in [2.05, 4.69) is 12.2 Å². The molecule has 0 aromatic heterocycles. The molecule has 1 aromatic rings. The first-order valence-electron chi connectivity index (χ1n) is 5.81. The van der Waals surface area contributed by atoms with Crippen LogP contribution in [0.5, 0.6) is 5.75 Å². The van der Waals surface area contributed by atoms with E-state index < -0.39 is 0 Å². The number of aromatic hydroxyl groups is 1. The van der Waals surface area contributed by atoms with E-state index in [1.807, 2.05) is 11.8 Å². The highest BCUT2D eigenvalue weighted by Crippen LogP contribution is 2.37. The van der Waals surface area contributed by atoms with Gasteiger partial charge in [-0.05, 0) is 37.7 Å². The summed E-state index contributed by atoms with van der Waals surface area (Å²) in [4.78, 5) is 11.9. The maximum Gasteiger partial charge on any atom is 0.255 e. The number of para-hydroxylation sites is 1. The maximum absolute atomic E-state index is 11.9. The zero-order valence-corrected chi connectivity index (χ0v) is 10.7. The van der Waals surface area contributed by atoms with Crippen LogP contribution in [-0.2, 0) is 0 Å². The lowest BCUT2D eigenvalue weighted by Crippen LogP contribution is -2.36. The minimum atomic E-state index is -0.197. The van der Waals surface area contributed by atoms with Crippen molar-refractivity contribution in [3.8, 4) is 5.75 Å². The number of benzene rings is 1. The lowest BCUT2D eigenvalue weighted by atomic mass is 10.1. The third-order valence-corrected chi connectivity index (χ3v) is 4.61. The van der Waals surface area contributed by atoms with Gasteiger partial charge in [-0.15, -0.1) is 0 Å². The number of carbonyl (C=O) groups is 1. The summed E-state index contributed by atoms with van der Waals surface area (Å²) >= 11 is 1.91. The van der Waals surface area contributed by atoms with E-state index in [0.29, 0.717) is 12.1 Å². The largest absolute Gasteiger partial charge is 0.507 e. The van der Waals surface area contributed by atoms with Gasteiger partial charge in [-0.2, -0.15) is 11.8 Å². The van der Waals surface area contributed by atoms with E-state index >= 15 is 0 Å². The maximum atomic E-state index is 11.9. The summed E-state index contributed by atoms with van der Waals surface area (Å²) in [6.45, 7) is 2.83. The van der Waals surface area contributed by atoms with Gasteiger partial charge in [-0.1, -0.05) is 12.1 Å². The second-order valence-corrected chi connectivity index (χ2v) is 6.28. The van der Waals surface area contributed by atoms with Gasteiger partial charge in [0, 0.05) is 11.3 Å². The van der Waals surface area contributed by atoms with Crippen molar-refractivity contribution in [2.45, 2.75) is 24.5 Å². The molecule has 0 bridgehead atoms. The lowest BCUT2D eigenvalue weighted by Gasteiger charge is -2.22. The molecule has 1 saturated heterocycles. The van der Waals surface area contributed by atoms with Crippen LogP contribution in [0.3, 0.4) is 0 Å². The van der Waals surface area contributed by atoms with E-state index in [1.54, 1.807) is 18.2 Å². The predicted molar refractivity (Wildman–Crippen MR) is 70.5 cm³/mol. The Bertz CT molecular complexity index is 414. The first kappa shape index (κ1) is 12.3. The second-order valence-electron chi connectivity index (χ2n) is 4.60. The van der Waals surface area contributed by atoms with Crippen molar-refractivity contribution in [1.29, 1.82) is 0 Å². The Kier molecular flexibility index (Phi) is 3.62. The van der Waals surface area contributed by atoms with Crippen LogP contribution in [0.4, 0.5) is 0 Å². The quantitative estimate of drug-likeness (QED) is 0.867. The minimum absolute atomic E-state index is 0.0363. The van der Waals surface area contributed by atoms with Crippen LogP contribution in [0.25, 0.3) is 0 Å². The van der Waals surface area contributed by atoms with Gasteiger partial charge in [0.15, 0.2) is 0 Å². The summed E-state index contributed by atoms with van der Waals surface area (Å²) < 4.78 is 0.153. The molecular weight excluding hydrogens is 234 g/mol. The Morgan fingerprint density at radius 1 is 1.53 bits per heavy atom. The standard InChI is InChI=1S/C13H17NO2S/c1-13(7-4-8-17-13)9-14-12(16)10-5-2-3-6-11(10)15/h2-3,5-6,15H,4,7-9H2,1H3,(H,14,16). The van der Waals surface area contributed by atoms with Crippen molar-refractivity contribution in [3.63, 3.8) is 0 Å². The molecule has 1 atom stereocenters. The van der Waals surface area contributed by atoms with Gasteiger partial charge in [0.2, 0.25) is 0 Å². The number of thioether (sulfide) groups is 1. The molecule has 1 heterocycles. The highest BCUT2D eigenvalue weighted by atomic mass is 32.2. The van der Waals surface area contributed by atoms with Crippen LogP contribution < -0.4 is 5.32 Å². The molecule has 1 unspecified atom stereocenters. The Hall–Kier alpha value is -1.16. The van der Waals surface area contributed by atoms with Gasteiger partial charge in [0.25, 0.3) is 5.91 Å². The molecule has 3 nitrogen and oxygen atoms in total. The van der Waals surface area contributed by atoms with Crippen LogP contribution in [0.1, 0.15) is 30.1 Å². The fourth-order valence-corrected chi connectivity index (χ4v) is 3.25. The summed E-state index contributed by atoms with van der Waals surface area (Å²) in [6, 6.07) is 6.62. The Balaban J connectivity index is 1.96. The summed E-state index contributed by atoms with van der Waals surface area (Å²) in [6.07, 6.45) is 2.35. The highest BCUT2D eigenvalue weighted by Gasteiger charge is 2.29. The fraction of sp³-hybridized carbons (Fsp3) is 0.462. The van der Waals surface area contributed by atoms with Crippen molar-refractivity contribution >= 4 is 17.7 Å². The van der Waals surface area contributed by atoms with Gasteiger partial charge in [0.1, 0.15) is 5.75 Å². The molecule has 1 amide bonds. The van der Waals surface area contributed by atoms with E-state index in [9.17, 15) is 9.90 Å². The van der Waals surface area contributed by atoms with Gasteiger partial charge < -0.3 is 10.4 Å². The predicted octanol–water partition coefficient (Wildman–Crippen LogP) is 2.41. The van der Waals surface area contributed by atoms with Gasteiger partial charge in [-0.3, -0.25) is 4.79 Å². The molecule has 92 valence electrons. The molecule has 0 aliphatic carbocycles.